The van der Waals surface area contributed by atoms with Crippen LogP contribution in [-0.4, -0.2) is 59.9 Å². The van der Waals surface area contributed by atoms with Gasteiger partial charge in [0, 0.05) is 49.6 Å². The van der Waals surface area contributed by atoms with Gasteiger partial charge < -0.3 is 25.4 Å². The number of hydrogen-bond donors (Lipinski definition) is 3. The zero-order chi connectivity index (χ0) is 21.3. The standard InChI is InChI=1S/C23H31N5O2/c1-14-10-20(24-3)27-23(25-14)26-19-12-17-6-5-9-30-22(17)21(15(19)2)16-7-8-28(4)13-18(29)11-16/h7,10,12,18,29H,5-6,8-9,11,13H2,1-4H3,(H2,24,25,26,27)/t18-/m1/s1. The number of nitrogens with zero attached hydrogens (tertiary/aromatic N) is 3. The molecule has 30 heavy (non-hydrogen) atoms. The average molecular weight is 410 g/mol. The van der Waals surface area contributed by atoms with Gasteiger partial charge in [-0.25, -0.2) is 4.98 Å². The van der Waals surface area contributed by atoms with Gasteiger partial charge in [-0.1, -0.05) is 6.08 Å². The molecular formula is C23H31N5O2. The maximum atomic E-state index is 10.5. The molecule has 0 saturated carbocycles. The van der Waals surface area contributed by atoms with E-state index >= 15 is 0 Å². The highest BCUT2D eigenvalue weighted by Gasteiger charge is 2.25. The van der Waals surface area contributed by atoms with Gasteiger partial charge in [-0.2, -0.15) is 4.98 Å². The Kier molecular flexibility index (Phi) is 5.92. The van der Waals surface area contributed by atoms with Gasteiger partial charge in [0.25, 0.3) is 0 Å². The first-order valence-electron chi connectivity index (χ1n) is 10.6. The van der Waals surface area contributed by atoms with Crippen LogP contribution >= 0.6 is 0 Å². The Morgan fingerprint density at radius 1 is 1.23 bits per heavy atom. The van der Waals surface area contributed by atoms with Gasteiger partial charge in [-0.3, -0.25) is 0 Å². The molecule has 3 N–H and O–H groups in total. The van der Waals surface area contributed by atoms with Gasteiger partial charge >= 0.3 is 0 Å². The van der Waals surface area contributed by atoms with Crippen LogP contribution in [0, 0.1) is 13.8 Å². The van der Waals surface area contributed by atoms with E-state index in [9.17, 15) is 5.11 Å². The largest absolute Gasteiger partial charge is 0.493 e. The molecule has 160 valence electrons. The van der Waals surface area contributed by atoms with E-state index in [2.05, 4.69) is 44.6 Å². The summed E-state index contributed by atoms with van der Waals surface area (Å²) >= 11 is 0. The van der Waals surface area contributed by atoms with Crippen LogP contribution in [-0.2, 0) is 6.42 Å². The quantitative estimate of drug-likeness (QED) is 0.715. The Balaban J connectivity index is 1.79. The van der Waals surface area contributed by atoms with Gasteiger partial charge in [0.05, 0.1) is 12.7 Å². The monoisotopic (exact) mass is 409 g/mol. The third-order valence-electron chi connectivity index (χ3n) is 5.76. The number of nitrogens with one attached hydrogen (secondary N) is 2. The number of aliphatic hydroxyl groups is 1. The van der Waals surface area contributed by atoms with Crippen LogP contribution in [0.15, 0.2) is 18.2 Å². The summed E-state index contributed by atoms with van der Waals surface area (Å²) in [5, 5.41) is 17.0. The Bertz CT molecular complexity index is 973. The minimum atomic E-state index is -0.391. The number of hydrogen-bond acceptors (Lipinski definition) is 7. The maximum absolute atomic E-state index is 10.5. The van der Waals surface area contributed by atoms with E-state index in [1.807, 2.05) is 27.1 Å². The minimum Gasteiger partial charge on any atom is -0.493 e. The number of anilines is 3. The summed E-state index contributed by atoms with van der Waals surface area (Å²) in [4.78, 5) is 11.2. The fourth-order valence-electron chi connectivity index (χ4n) is 4.30. The van der Waals surface area contributed by atoms with Crippen molar-refractivity contribution in [2.45, 2.75) is 39.2 Å². The van der Waals surface area contributed by atoms with E-state index in [1.54, 1.807) is 0 Å². The summed E-state index contributed by atoms with van der Waals surface area (Å²) < 4.78 is 6.15. The highest BCUT2D eigenvalue weighted by atomic mass is 16.5. The molecule has 7 heteroatoms. The second-order valence-corrected chi connectivity index (χ2v) is 8.27. The van der Waals surface area contributed by atoms with Crippen LogP contribution in [0.2, 0.25) is 0 Å². The Morgan fingerprint density at radius 2 is 2.07 bits per heavy atom. The number of aliphatic hydroxyl groups excluding tert-OH is 1. The van der Waals surface area contributed by atoms with Crippen molar-refractivity contribution >= 4 is 23.0 Å². The van der Waals surface area contributed by atoms with Gasteiger partial charge in [0.1, 0.15) is 11.6 Å². The summed E-state index contributed by atoms with van der Waals surface area (Å²) in [5.74, 6) is 2.31. The zero-order valence-electron chi connectivity index (χ0n) is 18.2. The van der Waals surface area contributed by atoms with Crippen molar-refractivity contribution in [1.82, 2.24) is 14.9 Å². The molecule has 0 fully saturated rings. The molecule has 0 spiro atoms. The van der Waals surface area contributed by atoms with Crippen molar-refractivity contribution in [2.24, 2.45) is 0 Å². The predicted molar refractivity (Wildman–Crippen MR) is 121 cm³/mol. The van der Waals surface area contributed by atoms with Crippen molar-refractivity contribution < 1.29 is 9.84 Å². The van der Waals surface area contributed by atoms with Crippen molar-refractivity contribution in [1.29, 1.82) is 0 Å². The average Bonchev–Trinajstić information content (AvgIpc) is 2.88. The molecule has 2 aliphatic heterocycles. The van der Waals surface area contributed by atoms with Crippen LogP contribution in [0.1, 0.15) is 35.2 Å². The second kappa shape index (κ2) is 8.62. The molecule has 0 bridgehead atoms. The van der Waals surface area contributed by atoms with E-state index in [4.69, 9.17) is 4.74 Å². The summed E-state index contributed by atoms with van der Waals surface area (Å²) in [6.07, 6.45) is 4.43. The molecule has 0 radical (unpaired) electrons. The van der Waals surface area contributed by atoms with Crippen LogP contribution in [0.4, 0.5) is 17.5 Å². The molecule has 1 aromatic heterocycles. The molecule has 0 amide bonds. The molecule has 2 aromatic rings. The van der Waals surface area contributed by atoms with Crippen molar-refractivity contribution in [3.8, 4) is 5.75 Å². The van der Waals surface area contributed by atoms with E-state index < -0.39 is 6.10 Å². The van der Waals surface area contributed by atoms with E-state index in [-0.39, 0.29) is 0 Å². The first-order chi connectivity index (χ1) is 14.4. The number of ether oxygens (including phenoxy) is 1. The Hall–Kier alpha value is -2.64. The lowest BCUT2D eigenvalue weighted by atomic mass is 9.89. The van der Waals surface area contributed by atoms with E-state index in [1.165, 1.54) is 5.56 Å². The SMILES string of the molecule is CNc1cc(C)nc(Nc2cc3c(c(C4=CCN(C)C[C@H](O)C4)c2C)OCCC3)n1. The first-order valence-corrected chi connectivity index (χ1v) is 10.6. The molecular weight excluding hydrogens is 378 g/mol. The van der Waals surface area contributed by atoms with Gasteiger partial charge in [0.2, 0.25) is 5.95 Å². The highest BCUT2D eigenvalue weighted by molar-refractivity contribution is 5.81. The summed E-state index contributed by atoms with van der Waals surface area (Å²) in [7, 11) is 3.89. The van der Waals surface area contributed by atoms with Crippen molar-refractivity contribution in [3.63, 3.8) is 0 Å². The molecule has 0 saturated heterocycles. The second-order valence-electron chi connectivity index (χ2n) is 8.27. The maximum Gasteiger partial charge on any atom is 0.229 e. The van der Waals surface area contributed by atoms with Crippen LogP contribution in [0.3, 0.4) is 0 Å². The fraction of sp³-hybridized carbons (Fsp3) is 0.478. The number of rotatable bonds is 4. The lowest BCUT2D eigenvalue weighted by molar-refractivity contribution is 0.139. The molecule has 2 aliphatic rings. The first kappa shape index (κ1) is 20.6. The molecule has 4 rings (SSSR count). The normalized spacial score (nSPS) is 19.4. The van der Waals surface area contributed by atoms with E-state index in [0.29, 0.717) is 18.9 Å². The van der Waals surface area contributed by atoms with Crippen molar-refractivity contribution in [3.05, 3.63) is 40.6 Å². The molecule has 1 atom stereocenters. The highest BCUT2D eigenvalue weighted by Crippen LogP contribution is 2.42. The zero-order valence-corrected chi connectivity index (χ0v) is 18.2. The number of aryl methyl sites for hydroxylation is 2. The topological polar surface area (TPSA) is 82.5 Å². The number of fused-ring (bicyclic) bond motifs is 1. The lowest BCUT2D eigenvalue weighted by Crippen LogP contribution is -2.27. The third-order valence-corrected chi connectivity index (χ3v) is 5.76. The number of likely N-dealkylation sites (N-methyl/N-ethyl adjacent to an activating group) is 1. The molecule has 0 unspecified atom stereocenters. The number of benzene rings is 1. The van der Waals surface area contributed by atoms with Gasteiger partial charge in [-0.15, -0.1) is 0 Å². The van der Waals surface area contributed by atoms with Crippen LogP contribution < -0.4 is 15.4 Å². The molecule has 3 heterocycles. The van der Waals surface area contributed by atoms with Gasteiger partial charge in [-0.05, 0) is 56.5 Å². The van der Waals surface area contributed by atoms with Crippen LogP contribution in [0.5, 0.6) is 5.75 Å². The minimum absolute atomic E-state index is 0.391. The Labute approximate surface area is 178 Å². The third kappa shape index (κ3) is 4.27. The van der Waals surface area contributed by atoms with Gasteiger partial charge in [0.15, 0.2) is 0 Å². The lowest BCUT2D eigenvalue weighted by Gasteiger charge is -2.26. The fourth-order valence-corrected chi connectivity index (χ4v) is 4.30. The summed E-state index contributed by atoms with van der Waals surface area (Å²) in [6.45, 7) is 6.27. The van der Waals surface area contributed by atoms with Crippen molar-refractivity contribution in [2.75, 3.05) is 44.4 Å². The predicted octanol–water partition coefficient (Wildman–Crippen LogP) is 3.28. The van der Waals surface area contributed by atoms with Crippen LogP contribution in [0.25, 0.3) is 5.57 Å². The Morgan fingerprint density at radius 3 is 2.87 bits per heavy atom. The molecule has 1 aromatic carbocycles. The summed E-state index contributed by atoms with van der Waals surface area (Å²) in [5.41, 5.74) is 6.41. The smallest absolute Gasteiger partial charge is 0.229 e. The number of aromatic nitrogens is 2. The molecule has 0 aliphatic carbocycles. The summed E-state index contributed by atoms with van der Waals surface area (Å²) in [6, 6.07) is 4.08. The van der Waals surface area contributed by atoms with E-state index in [0.717, 1.165) is 65.6 Å². The molecule has 7 nitrogen and oxygen atoms in total. The number of β-amino-alcohol motifs (C(OH)–C–C–N with tert-alkyl or cyclic N) is 1.